The van der Waals surface area contributed by atoms with Crippen LogP contribution in [0.1, 0.15) is 24.3 Å². The van der Waals surface area contributed by atoms with Crippen LogP contribution in [-0.4, -0.2) is 30.8 Å². The van der Waals surface area contributed by atoms with E-state index in [9.17, 15) is 10.1 Å². The van der Waals surface area contributed by atoms with Gasteiger partial charge in [-0.3, -0.25) is 4.79 Å². The summed E-state index contributed by atoms with van der Waals surface area (Å²) >= 11 is 0. The minimum atomic E-state index is -0.609. The lowest BCUT2D eigenvalue weighted by Crippen LogP contribution is -2.37. The van der Waals surface area contributed by atoms with E-state index in [0.717, 1.165) is 31.5 Å². The second kappa shape index (κ2) is 5.79. The van der Waals surface area contributed by atoms with Gasteiger partial charge >= 0.3 is 0 Å². The van der Waals surface area contributed by atoms with Gasteiger partial charge in [-0.1, -0.05) is 30.3 Å². The number of benzene rings is 1. The molecule has 1 saturated heterocycles. The van der Waals surface area contributed by atoms with E-state index in [1.807, 2.05) is 37.4 Å². The quantitative estimate of drug-likeness (QED) is 0.816. The molecule has 1 fully saturated rings. The van der Waals surface area contributed by atoms with E-state index in [2.05, 4.69) is 11.0 Å². The topological polar surface area (TPSA) is 44.1 Å². The number of hydrogen-bond acceptors (Lipinski definition) is 3. The molecule has 2 atom stereocenters. The molecule has 0 spiro atoms. The van der Waals surface area contributed by atoms with Gasteiger partial charge < -0.3 is 4.90 Å². The van der Waals surface area contributed by atoms with Gasteiger partial charge in [0.25, 0.3) is 0 Å². The Morgan fingerprint density at radius 1 is 1.44 bits per heavy atom. The molecule has 3 heteroatoms. The van der Waals surface area contributed by atoms with Crippen LogP contribution in [0.25, 0.3) is 0 Å². The van der Waals surface area contributed by atoms with E-state index >= 15 is 0 Å². The number of Topliss-reactive ketones (excluding diaryl/α,β-unsaturated/α-hetero) is 1. The van der Waals surface area contributed by atoms with Crippen LogP contribution in [0.5, 0.6) is 0 Å². The van der Waals surface area contributed by atoms with Crippen molar-refractivity contribution >= 4 is 5.78 Å². The Hall–Kier alpha value is -1.66. The zero-order valence-corrected chi connectivity index (χ0v) is 10.7. The fourth-order valence-electron chi connectivity index (χ4n) is 2.58. The van der Waals surface area contributed by atoms with Crippen molar-refractivity contribution < 1.29 is 4.79 Å². The second-order valence-corrected chi connectivity index (χ2v) is 4.98. The Kier molecular flexibility index (Phi) is 4.11. The fraction of sp³-hybridized carbons (Fsp3) is 0.467. The lowest BCUT2D eigenvalue weighted by atomic mass is 9.84. The number of hydrogen-bond donors (Lipinski definition) is 0. The smallest absolute Gasteiger partial charge is 0.158 e. The van der Waals surface area contributed by atoms with Crippen LogP contribution in [0.2, 0.25) is 0 Å². The van der Waals surface area contributed by atoms with Gasteiger partial charge in [0.05, 0.1) is 6.07 Å². The predicted molar refractivity (Wildman–Crippen MR) is 70.0 cm³/mol. The molecule has 0 radical (unpaired) electrons. The van der Waals surface area contributed by atoms with Gasteiger partial charge in [0.15, 0.2) is 5.78 Å². The van der Waals surface area contributed by atoms with Crippen molar-refractivity contribution in [3.8, 4) is 6.07 Å². The van der Waals surface area contributed by atoms with Crippen LogP contribution < -0.4 is 0 Å². The Bertz CT molecular complexity index is 449. The molecule has 94 valence electrons. The molecule has 0 saturated carbocycles. The number of likely N-dealkylation sites (tertiary alicyclic amines) is 1. The molecule has 0 bridgehead atoms. The lowest BCUT2D eigenvalue weighted by Gasteiger charge is -2.29. The van der Waals surface area contributed by atoms with E-state index < -0.39 is 5.92 Å². The maximum atomic E-state index is 12.4. The van der Waals surface area contributed by atoms with Gasteiger partial charge in [-0.25, -0.2) is 0 Å². The molecule has 1 aliphatic heterocycles. The second-order valence-electron chi connectivity index (χ2n) is 4.98. The maximum absolute atomic E-state index is 12.4. The minimum Gasteiger partial charge on any atom is -0.306 e. The van der Waals surface area contributed by atoms with Gasteiger partial charge in [0.2, 0.25) is 0 Å². The molecular weight excluding hydrogens is 224 g/mol. The van der Waals surface area contributed by atoms with Gasteiger partial charge in [0.1, 0.15) is 5.92 Å². The number of ketones is 1. The first kappa shape index (κ1) is 12.8. The van der Waals surface area contributed by atoms with Crippen LogP contribution in [0, 0.1) is 17.2 Å². The Balaban J connectivity index is 2.14. The molecule has 3 nitrogen and oxygen atoms in total. The summed E-state index contributed by atoms with van der Waals surface area (Å²) in [4.78, 5) is 14.6. The first-order valence-electron chi connectivity index (χ1n) is 6.39. The summed E-state index contributed by atoms with van der Waals surface area (Å²) in [6, 6.07) is 11.5. The SMILES string of the molecule is CN1CCC[C@@H](C(=O)[C@H](C#N)c2ccccc2)C1. The van der Waals surface area contributed by atoms with Crippen molar-refractivity contribution in [2.45, 2.75) is 18.8 Å². The third-order valence-electron chi connectivity index (χ3n) is 3.57. The molecular formula is C15H18N2O. The molecule has 18 heavy (non-hydrogen) atoms. The summed E-state index contributed by atoms with van der Waals surface area (Å²) in [6.45, 7) is 1.83. The molecule has 0 aromatic heterocycles. The highest BCUT2D eigenvalue weighted by Crippen LogP contribution is 2.25. The van der Waals surface area contributed by atoms with Crippen molar-refractivity contribution in [3.05, 3.63) is 35.9 Å². The third-order valence-corrected chi connectivity index (χ3v) is 3.57. The number of piperidine rings is 1. The lowest BCUT2D eigenvalue weighted by molar-refractivity contribution is -0.124. The van der Waals surface area contributed by atoms with Crippen LogP contribution in [0.15, 0.2) is 30.3 Å². The summed E-state index contributed by atoms with van der Waals surface area (Å²) in [5.41, 5.74) is 0.818. The van der Waals surface area contributed by atoms with E-state index in [-0.39, 0.29) is 11.7 Å². The molecule has 1 heterocycles. The molecule has 0 N–H and O–H groups in total. The summed E-state index contributed by atoms with van der Waals surface area (Å²) < 4.78 is 0. The van der Waals surface area contributed by atoms with Crippen LogP contribution in [0.3, 0.4) is 0 Å². The predicted octanol–water partition coefficient (Wildman–Crippen LogP) is 2.20. The van der Waals surface area contributed by atoms with Crippen LogP contribution in [0.4, 0.5) is 0 Å². The zero-order valence-electron chi connectivity index (χ0n) is 10.7. The van der Waals surface area contributed by atoms with Crippen molar-refractivity contribution in [2.24, 2.45) is 5.92 Å². The summed E-state index contributed by atoms with van der Waals surface area (Å²) in [6.07, 6.45) is 1.95. The van der Waals surface area contributed by atoms with Crippen molar-refractivity contribution in [1.82, 2.24) is 4.90 Å². The minimum absolute atomic E-state index is 0.00797. The van der Waals surface area contributed by atoms with E-state index in [1.54, 1.807) is 0 Å². The first-order chi connectivity index (χ1) is 8.72. The third kappa shape index (κ3) is 2.77. The number of rotatable bonds is 3. The summed E-state index contributed by atoms with van der Waals surface area (Å²) in [5, 5.41) is 9.26. The monoisotopic (exact) mass is 242 g/mol. The highest BCUT2D eigenvalue weighted by atomic mass is 16.1. The van der Waals surface area contributed by atoms with Crippen molar-refractivity contribution in [1.29, 1.82) is 5.26 Å². The Labute approximate surface area is 108 Å². The van der Waals surface area contributed by atoms with E-state index in [1.165, 1.54) is 0 Å². The van der Waals surface area contributed by atoms with Crippen LogP contribution >= 0.6 is 0 Å². The molecule has 1 aromatic rings. The largest absolute Gasteiger partial charge is 0.306 e. The van der Waals surface area contributed by atoms with Gasteiger partial charge in [-0.05, 0) is 32.0 Å². The highest BCUT2D eigenvalue weighted by molar-refractivity contribution is 5.90. The number of carbonyl (C=O) groups excluding carboxylic acids is 1. The summed E-state index contributed by atoms with van der Waals surface area (Å²) in [7, 11) is 2.03. The maximum Gasteiger partial charge on any atom is 0.158 e. The van der Waals surface area contributed by atoms with E-state index in [0.29, 0.717) is 0 Å². The molecule has 1 aliphatic rings. The van der Waals surface area contributed by atoms with Gasteiger partial charge in [-0.15, -0.1) is 0 Å². The van der Waals surface area contributed by atoms with E-state index in [4.69, 9.17) is 0 Å². The van der Waals surface area contributed by atoms with Crippen molar-refractivity contribution in [3.63, 3.8) is 0 Å². The normalized spacial score (nSPS) is 22.1. The van der Waals surface area contributed by atoms with Crippen molar-refractivity contribution in [2.75, 3.05) is 20.1 Å². The molecule has 2 rings (SSSR count). The molecule has 0 amide bonds. The first-order valence-corrected chi connectivity index (χ1v) is 6.39. The average molecular weight is 242 g/mol. The summed E-state index contributed by atoms with van der Waals surface area (Å²) in [5.74, 6) is -0.522. The fourth-order valence-corrected chi connectivity index (χ4v) is 2.58. The van der Waals surface area contributed by atoms with Crippen LogP contribution in [-0.2, 0) is 4.79 Å². The molecule has 0 unspecified atom stereocenters. The standard InChI is InChI=1S/C15H18N2O/c1-17-9-5-8-13(11-17)15(18)14(10-16)12-6-3-2-4-7-12/h2-4,6-7,13-14H,5,8-9,11H2,1H3/t13-,14-/m1/s1. The molecule has 0 aliphatic carbocycles. The Morgan fingerprint density at radius 2 is 2.17 bits per heavy atom. The number of nitrogens with zero attached hydrogens (tertiary/aromatic N) is 2. The van der Waals surface area contributed by atoms with Gasteiger partial charge in [-0.2, -0.15) is 5.26 Å². The molecule has 1 aromatic carbocycles. The number of nitriles is 1. The Morgan fingerprint density at radius 3 is 2.78 bits per heavy atom. The highest BCUT2D eigenvalue weighted by Gasteiger charge is 2.30. The number of carbonyl (C=O) groups is 1. The average Bonchev–Trinajstić information content (AvgIpc) is 2.41. The van der Waals surface area contributed by atoms with Gasteiger partial charge in [0, 0.05) is 12.5 Å². The zero-order chi connectivity index (χ0) is 13.0.